The molecular formula is C28H32Cl2O8. The molecule has 8 nitrogen and oxygen atoms in total. The molecule has 6 aliphatic rings. The molecular weight excluding hydrogens is 535 g/mol. The van der Waals surface area contributed by atoms with Crippen LogP contribution >= 0.6 is 23.2 Å². The lowest BCUT2D eigenvalue weighted by Crippen LogP contribution is -2.79. The maximum absolute atomic E-state index is 13.9. The molecule has 206 valence electrons. The molecule has 2 bridgehead atoms. The Balaban J connectivity index is 1.49. The van der Waals surface area contributed by atoms with Gasteiger partial charge in [-0.3, -0.25) is 4.79 Å². The van der Waals surface area contributed by atoms with Crippen LogP contribution in [0.3, 0.4) is 0 Å². The first-order valence-corrected chi connectivity index (χ1v) is 13.9. The van der Waals surface area contributed by atoms with Crippen LogP contribution in [0.4, 0.5) is 0 Å². The molecule has 0 amide bonds. The first-order valence-electron chi connectivity index (χ1n) is 13.1. The summed E-state index contributed by atoms with van der Waals surface area (Å²) in [6.07, 6.45) is -0.909. The lowest BCUT2D eigenvalue weighted by Gasteiger charge is -2.69. The predicted molar refractivity (Wildman–Crippen MR) is 137 cm³/mol. The molecule has 3 N–H and O–H groups in total. The second-order valence-electron chi connectivity index (χ2n) is 12.6. The van der Waals surface area contributed by atoms with E-state index < -0.39 is 57.5 Å². The van der Waals surface area contributed by atoms with Crippen LogP contribution in [0, 0.1) is 22.2 Å². The van der Waals surface area contributed by atoms with E-state index in [4.69, 9.17) is 42.1 Å². The van der Waals surface area contributed by atoms with E-state index in [0.29, 0.717) is 39.6 Å². The molecule has 2 heterocycles. The summed E-state index contributed by atoms with van der Waals surface area (Å²) in [5, 5.41) is 37.2. The highest BCUT2D eigenvalue weighted by Crippen LogP contribution is 2.77. The van der Waals surface area contributed by atoms with Crippen molar-refractivity contribution in [3.05, 3.63) is 27.8 Å². The van der Waals surface area contributed by atoms with Crippen molar-refractivity contribution in [2.24, 2.45) is 22.2 Å². The van der Waals surface area contributed by atoms with Crippen molar-refractivity contribution >= 4 is 35.2 Å². The maximum atomic E-state index is 13.9. The van der Waals surface area contributed by atoms with Crippen LogP contribution in [0.15, 0.2) is 11.6 Å². The number of aliphatic hydroxyl groups is 3. The number of rotatable bonds is 2. The number of methoxy groups -OCH3 is 1. The zero-order chi connectivity index (χ0) is 27.2. The SMILES string of the molecule is COC[C@]1(C)[C@H]2[C@H]3OC(=O)[C@]2(CC[C@@H]1Cl)[C@]1(O)C[C@@H](O)[C@]2(C)C(=Cc4c5c(cc(Cl)c42)OCO5)[C@@]1(C)[C@H]3O. The number of benzene rings is 1. The number of carbonyl (C=O) groups is 1. The fraction of sp³-hybridized carbons (Fsp3) is 0.679. The van der Waals surface area contributed by atoms with Crippen molar-refractivity contribution in [3.8, 4) is 11.5 Å². The Bertz CT molecular complexity index is 1320. The molecule has 10 atom stereocenters. The van der Waals surface area contributed by atoms with E-state index in [1.165, 1.54) is 0 Å². The average molecular weight is 567 g/mol. The number of esters is 1. The van der Waals surface area contributed by atoms with Crippen molar-refractivity contribution in [1.82, 2.24) is 0 Å². The summed E-state index contributed by atoms with van der Waals surface area (Å²) in [5.74, 6) is -0.151. The molecule has 1 saturated heterocycles. The fourth-order valence-corrected chi connectivity index (χ4v) is 10.3. The number of ether oxygens (including phenoxy) is 4. The molecule has 0 unspecified atom stereocenters. The summed E-state index contributed by atoms with van der Waals surface area (Å²) < 4.78 is 22.9. The third-order valence-electron chi connectivity index (χ3n) is 11.4. The van der Waals surface area contributed by atoms with E-state index >= 15 is 0 Å². The largest absolute Gasteiger partial charge is 0.459 e. The lowest BCUT2D eigenvalue weighted by molar-refractivity contribution is -0.285. The van der Waals surface area contributed by atoms with E-state index in [9.17, 15) is 20.1 Å². The van der Waals surface area contributed by atoms with Crippen molar-refractivity contribution in [3.63, 3.8) is 0 Å². The standard InChI is InChI=1S/C28H32Cl2O8/c1-24(10-35-4)16(30)5-6-27-21(24)20(38-23(27)33)22(32)26(3)15-7-12-18(13(29)8-14-19(12)37-11-36-14)25(15,2)17(31)9-28(26,27)34/h7-8,16-17,20-22,31-32,34H,5-6,9-11H2,1-4H3/t16-,17+,20+,21+,22-,24-,25-,26-,27+,28-/m0/s1. The maximum Gasteiger partial charge on any atom is 0.315 e. The second-order valence-corrected chi connectivity index (χ2v) is 13.6. The summed E-state index contributed by atoms with van der Waals surface area (Å²) in [6.45, 7) is 5.88. The highest BCUT2D eigenvalue weighted by molar-refractivity contribution is 6.32. The topological polar surface area (TPSA) is 115 Å². The first-order chi connectivity index (χ1) is 17.8. The Kier molecular flexibility index (Phi) is 4.94. The number of hydrogen-bond acceptors (Lipinski definition) is 8. The van der Waals surface area contributed by atoms with E-state index in [-0.39, 0.29) is 31.6 Å². The van der Waals surface area contributed by atoms with Gasteiger partial charge in [-0.25, -0.2) is 0 Å². The molecule has 3 saturated carbocycles. The molecule has 2 aliphatic heterocycles. The zero-order valence-corrected chi connectivity index (χ0v) is 23.2. The van der Waals surface area contributed by atoms with E-state index in [1.807, 2.05) is 19.9 Å². The van der Waals surface area contributed by atoms with Crippen LogP contribution in [-0.4, -0.2) is 71.1 Å². The number of aliphatic hydroxyl groups excluding tert-OH is 2. The summed E-state index contributed by atoms with van der Waals surface area (Å²) in [7, 11) is 1.57. The van der Waals surface area contributed by atoms with Crippen LogP contribution in [0.5, 0.6) is 11.5 Å². The van der Waals surface area contributed by atoms with Crippen LogP contribution in [0.2, 0.25) is 5.02 Å². The molecule has 4 fully saturated rings. The van der Waals surface area contributed by atoms with Gasteiger partial charge >= 0.3 is 5.97 Å². The summed E-state index contributed by atoms with van der Waals surface area (Å²) in [5.41, 5.74) is -4.51. The fourth-order valence-electron chi connectivity index (χ4n) is 9.61. The van der Waals surface area contributed by atoms with Crippen molar-refractivity contribution in [2.45, 2.75) is 74.7 Å². The Labute approximate surface area is 230 Å². The summed E-state index contributed by atoms with van der Waals surface area (Å²) >= 11 is 13.7. The minimum Gasteiger partial charge on any atom is -0.459 e. The van der Waals surface area contributed by atoms with Crippen LogP contribution in [-0.2, 0) is 19.7 Å². The minimum absolute atomic E-state index is 0.0429. The van der Waals surface area contributed by atoms with Gasteiger partial charge < -0.3 is 34.3 Å². The van der Waals surface area contributed by atoms with Crippen molar-refractivity contribution in [1.29, 1.82) is 0 Å². The second kappa shape index (κ2) is 7.39. The van der Waals surface area contributed by atoms with Crippen molar-refractivity contribution < 1.29 is 39.1 Å². The van der Waals surface area contributed by atoms with Gasteiger partial charge in [-0.1, -0.05) is 25.4 Å². The monoisotopic (exact) mass is 566 g/mol. The van der Waals surface area contributed by atoms with Gasteiger partial charge in [0.15, 0.2) is 11.5 Å². The Morgan fingerprint density at radius 3 is 2.66 bits per heavy atom. The van der Waals surface area contributed by atoms with E-state index in [2.05, 4.69) is 0 Å². The van der Waals surface area contributed by atoms with Crippen LogP contribution in [0.1, 0.15) is 51.2 Å². The molecule has 0 radical (unpaired) electrons. The molecule has 0 spiro atoms. The van der Waals surface area contributed by atoms with Crippen LogP contribution < -0.4 is 9.47 Å². The van der Waals surface area contributed by atoms with Gasteiger partial charge in [0.05, 0.1) is 18.3 Å². The third kappa shape index (κ3) is 2.37. The lowest BCUT2D eigenvalue weighted by atomic mass is 9.35. The Hall–Kier alpha value is -1.55. The molecule has 1 aromatic carbocycles. The van der Waals surface area contributed by atoms with E-state index in [0.717, 1.165) is 0 Å². The highest BCUT2D eigenvalue weighted by atomic mass is 35.5. The highest BCUT2D eigenvalue weighted by Gasteiger charge is 2.86. The smallest absolute Gasteiger partial charge is 0.315 e. The number of carbonyl (C=O) groups excluding carboxylic acids is 1. The van der Waals surface area contributed by atoms with Gasteiger partial charge in [0.1, 0.15) is 17.6 Å². The average Bonchev–Trinajstić information content (AvgIpc) is 3.53. The Morgan fingerprint density at radius 1 is 1.21 bits per heavy atom. The molecule has 4 aliphatic carbocycles. The van der Waals surface area contributed by atoms with Gasteiger partial charge in [0.2, 0.25) is 6.79 Å². The number of alkyl halides is 1. The van der Waals surface area contributed by atoms with Gasteiger partial charge in [-0.2, -0.15) is 0 Å². The molecule has 0 aromatic heterocycles. The van der Waals surface area contributed by atoms with E-state index in [1.54, 1.807) is 20.1 Å². The Morgan fingerprint density at radius 2 is 1.95 bits per heavy atom. The molecule has 7 rings (SSSR count). The predicted octanol–water partition coefficient (Wildman–Crippen LogP) is 3.18. The van der Waals surface area contributed by atoms with Gasteiger partial charge in [-0.05, 0) is 37.0 Å². The number of hydrogen-bond donors (Lipinski definition) is 3. The normalized spacial score (nSPS) is 49.6. The molecule has 1 aromatic rings. The van der Waals surface area contributed by atoms with Crippen molar-refractivity contribution in [2.75, 3.05) is 20.5 Å². The zero-order valence-electron chi connectivity index (χ0n) is 21.7. The summed E-state index contributed by atoms with van der Waals surface area (Å²) in [6, 6.07) is 1.68. The quantitative estimate of drug-likeness (QED) is 0.369. The first kappa shape index (κ1) is 25.4. The van der Waals surface area contributed by atoms with Crippen LogP contribution in [0.25, 0.3) is 6.08 Å². The molecule has 38 heavy (non-hydrogen) atoms. The van der Waals surface area contributed by atoms with Gasteiger partial charge in [0, 0.05) is 57.7 Å². The minimum atomic E-state index is -1.85. The third-order valence-corrected chi connectivity index (χ3v) is 12.4. The number of halogens is 2. The van der Waals surface area contributed by atoms with Gasteiger partial charge in [-0.15, -0.1) is 11.6 Å². The van der Waals surface area contributed by atoms with Gasteiger partial charge in [0.25, 0.3) is 0 Å². The molecule has 10 heteroatoms. The number of fused-ring (bicyclic) bond motifs is 7. The summed E-state index contributed by atoms with van der Waals surface area (Å²) in [4.78, 5) is 13.9.